The van der Waals surface area contributed by atoms with Gasteiger partial charge in [-0.1, -0.05) is 0 Å². The Hall–Kier alpha value is -1.91. The van der Waals surface area contributed by atoms with E-state index in [0.29, 0.717) is 24.9 Å². The fraction of sp³-hybridized carbons (Fsp3) is 0.444. The van der Waals surface area contributed by atoms with E-state index in [4.69, 9.17) is 4.74 Å². The molecule has 1 heterocycles. The first-order chi connectivity index (χ1) is 12.5. The van der Waals surface area contributed by atoms with Crippen molar-refractivity contribution in [3.05, 3.63) is 47.3 Å². The summed E-state index contributed by atoms with van der Waals surface area (Å²) in [7, 11) is 1.69. The highest BCUT2D eigenvalue weighted by Gasteiger charge is 2.04. The number of nitrogens with one attached hydrogen (secondary N) is 2. The Morgan fingerprint density at radius 1 is 1.15 bits per heavy atom. The highest BCUT2D eigenvalue weighted by molar-refractivity contribution is 14.0. The summed E-state index contributed by atoms with van der Waals surface area (Å²) in [6.07, 6.45) is 0.911. The molecule has 0 spiro atoms. The average Bonchev–Trinajstić information content (AvgIpc) is 2.94. The van der Waals surface area contributed by atoms with Crippen LogP contribution in [-0.4, -0.2) is 42.5 Å². The molecule has 0 aliphatic heterocycles. The molecule has 0 bridgehead atoms. The number of nitrogens with zero attached hydrogens (tertiary/aromatic N) is 3. The van der Waals surface area contributed by atoms with Crippen LogP contribution in [0.1, 0.15) is 17.8 Å². The standard InChI is InChI=1S/C18H25F2N5O.HI/c1-13-11-14(2)25(24-13)9-4-7-22-18(21-3)23-8-10-26-15-5-6-16(19)17(20)12-15;/h5-6,11-12H,4,7-10H2,1-3H3,(H2,21,22,23);1H. The van der Waals surface area contributed by atoms with Crippen LogP contribution in [0.3, 0.4) is 0 Å². The molecule has 0 aliphatic rings. The molecule has 0 fully saturated rings. The second-order valence-electron chi connectivity index (χ2n) is 5.85. The van der Waals surface area contributed by atoms with Crippen LogP contribution in [0.4, 0.5) is 8.78 Å². The van der Waals surface area contributed by atoms with Crippen molar-refractivity contribution < 1.29 is 13.5 Å². The van der Waals surface area contributed by atoms with Gasteiger partial charge in [0.15, 0.2) is 17.6 Å². The number of hydrogen-bond acceptors (Lipinski definition) is 3. The summed E-state index contributed by atoms with van der Waals surface area (Å²) in [4.78, 5) is 4.13. The average molecular weight is 493 g/mol. The SMILES string of the molecule is CN=C(NCCCn1nc(C)cc1C)NCCOc1ccc(F)c(F)c1.I. The molecule has 0 atom stereocenters. The second-order valence-corrected chi connectivity index (χ2v) is 5.85. The lowest BCUT2D eigenvalue weighted by Gasteiger charge is -2.13. The van der Waals surface area contributed by atoms with Crippen molar-refractivity contribution in [1.29, 1.82) is 0 Å². The molecule has 9 heteroatoms. The van der Waals surface area contributed by atoms with Crippen LogP contribution in [0.25, 0.3) is 0 Å². The van der Waals surface area contributed by atoms with Crippen molar-refractivity contribution in [2.45, 2.75) is 26.8 Å². The lowest BCUT2D eigenvalue weighted by atomic mass is 10.3. The summed E-state index contributed by atoms with van der Waals surface area (Å²) in [6, 6.07) is 5.52. The van der Waals surface area contributed by atoms with Crippen molar-refractivity contribution in [2.75, 3.05) is 26.7 Å². The zero-order chi connectivity index (χ0) is 18.9. The third-order valence-corrected chi connectivity index (χ3v) is 3.72. The van der Waals surface area contributed by atoms with Crippen LogP contribution in [0.15, 0.2) is 29.3 Å². The Morgan fingerprint density at radius 3 is 2.52 bits per heavy atom. The molecule has 2 rings (SSSR count). The molecule has 0 radical (unpaired) electrons. The molecule has 2 N–H and O–H groups in total. The van der Waals surface area contributed by atoms with Crippen molar-refractivity contribution in [1.82, 2.24) is 20.4 Å². The van der Waals surface area contributed by atoms with Gasteiger partial charge in [-0.25, -0.2) is 8.78 Å². The number of aliphatic imine (C=N–C) groups is 1. The van der Waals surface area contributed by atoms with Gasteiger partial charge >= 0.3 is 0 Å². The molecule has 0 aliphatic carbocycles. The first kappa shape index (κ1) is 23.1. The van der Waals surface area contributed by atoms with E-state index < -0.39 is 11.6 Å². The number of halogens is 3. The van der Waals surface area contributed by atoms with E-state index in [-0.39, 0.29) is 24.0 Å². The van der Waals surface area contributed by atoms with Gasteiger partial charge in [-0.05, 0) is 38.5 Å². The van der Waals surface area contributed by atoms with Gasteiger partial charge < -0.3 is 15.4 Å². The zero-order valence-corrected chi connectivity index (χ0v) is 18.1. The fourth-order valence-electron chi connectivity index (χ4n) is 2.46. The van der Waals surface area contributed by atoms with Gasteiger partial charge in [0.25, 0.3) is 0 Å². The van der Waals surface area contributed by atoms with E-state index in [2.05, 4.69) is 26.8 Å². The second kappa shape index (κ2) is 11.7. The first-order valence-corrected chi connectivity index (χ1v) is 8.53. The van der Waals surface area contributed by atoms with Crippen molar-refractivity contribution in [2.24, 2.45) is 4.99 Å². The summed E-state index contributed by atoms with van der Waals surface area (Å²) in [6.45, 7) is 6.40. The number of aromatic nitrogens is 2. The monoisotopic (exact) mass is 493 g/mol. The predicted octanol–water partition coefficient (Wildman–Crippen LogP) is 3.03. The lowest BCUT2D eigenvalue weighted by Crippen LogP contribution is -2.39. The van der Waals surface area contributed by atoms with Crippen LogP contribution in [0, 0.1) is 25.5 Å². The smallest absolute Gasteiger partial charge is 0.191 e. The summed E-state index contributed by atoms with van der Waals surface area (Å²) >= 11 is 0. The highest BCUT2D eigenvalue weighted by Crippen LogP contribution is 2.14. The fourth-order valence-corrected chi connectivity index (χ4v) is 2.46. The van der Waals surface area contributed by atoms with E-state index in [0.717, 1.165) is 43.0 Å². The van der Waals surface area contributed by atoms with E-state index in [1.54, 1.807) is 7.05 Å². The van der Waals surface area contributed by atoms with Crippen molar-refractivity contribution in [3.63, 3.8) is 0 Å². The minimum atomic E-state index is -0.921. The van der Waals surface area contributed by atoms with Crippen LogP contribution >= 0.6 is 24.0 Å². The number of rotatable bonds is 8. The Kier molecular flexibility index (Phi) is 10.0. The third-order valence-electron chi connectivity index (χ3n) is 3.72. The number of hydrogen-bond donors (Lipinski definition) is 2. The maximum Gasteiger partial charge on any atom is 0.191 e. The van der Waals surface area contributed by atoms with Gasteiger partial charge in [0, 0.05) is 31.9 Å². The molecule has 0 amide bonds. The topological polar surface area (TPSA) is 63.5 Å². The zero-order valence-electron chi connectivity index (χ0n) is 15.8. The Labute approximate surface area is 175 Å². The van der Waals surface area contributed by atoms with E-state index in [1.807, 2.05) is 18.5 Å². The number of guanidine groups is 1. The van der Waals surface area contributed by atoms with Crippen molar-refractivity contribution >= 4 is 29.9 Å². The predicted molar refractivity (Wildman–Crippen MR) is 113 cm³/mol. The highest BCUT2D eigenvalue weighted by atomic mass is 127. The van der Waals surface area contributed by atoms with Crippen LogP contribution < -0.4 is 15.4 Å². The normalized spacial score (nSPS) is 11.1. The van der Waals surface area contributed by atoms with Crippen LogP contribution in [-0.2, 0) is 6.54 Å². The Bertz CT molecular complexity index is 751. The maximum atomic E-state index is 13.1. The summed E-state index contributed by atoms with van der Waals surface area (Å²) in [5.41, 5.74) is 2.17. The molecule has 6 nitrogen and oxygen atoms in total. The van der Waals surface area contributed by atoms with Crippen LogP contribution in [0.2, 0.25) is 0 Å². The minimum Gasteiger partial charge on any atom is -0.492 e. The summed E-state index contributed by atoms with van der Waals surface area (Å²) < 4.78 is 33.3. The first-order valence-electron chi connectivity index (χ1n) is 8.53. The maximum absolute atomic E-state index is 13.1. The van der Waals surface area contributed by atoms with Crippen LogP contribution in [0.5, 0.6) is 5.75 Å². The minimum absolute atomic E-state index is 0. The lowest BCUT2D eigenvalue weighted by molar-refractivity contribution is 0.318. The number of aryl methyl sites for hydroxylation is 3. The Morgan fingerprint density at radius 2 is 1.89 bits per heavy atom. The van der Waals surface area contributed by atoms with Gasteiger partial charge in [-0.3, -0.25) is 9.67 Å². The third kappa shape index (κ3) is 7.69. The van der Waals surface area contributed by atoms with Gasteiger partial charge in [0.2, 0.25) is 0 Å². The summed E-state index contributed by atoms with van der Waals surface area (Å²) in [5.74, 6) is -0.859. The van der Waals surface area contributed by atoms with E-state index in [1.165, 1.54) is 6.07 Å². The molecular formula is C18H26F2IN5O. The molecule has 2 aromatic rings. The molecular weight excluding hydrogens is 467 g/mol. The van der Waals surface area contributed by atoms with Gasteiger partial charge in [-0.2, -0.15) is 5.10 Å². The molecule has 1 aromatic heterocycles. The van der Waals surface area contributed by atoms with E-state index >= 15 is 0 Å². The van der Waals surface area contributed by atoms with Crippen molar-refractivity contribution in [3.8, 4) is 5.75 Å². The summed E-state index contributed by atoms with van der Waals surface area (Å²) in [5, 5.41) is 10.7. The number of benzene rings is 1. The Balaban J connectivity index is 0.00000364. The molecule has 1 aromatic carbocycles. The molecule has 0 saturated heterocycles. The van der Waals surface area contributed by atoms with Gasteiger partial charge in [0.05, 0.1) is 12.2 Å². The largest absolute Gasteiger partial charge is 0.492 e. The molecule has 0 unspecified atom stereocenters. The van der Waals surface area contributed by atoms with E-state index in [9.17, 15) is 8.78 Å². The van der Waals surface area contributed by atoms with Gasteiger partial charge in [0.1, 0.15) is 12.4 Å². The molecule has 27 heavy (non-hydrogen) atoms. The van der Waals surface area contributed by atoms with Gasteiger partial charge in [-0.15, -0.1) is 24.0 Å². The number of ether oxygens (including phenoxy) is 1. The molecule has 150 valence electrons. The molecule has 0 saturated carbocycles. The quantitative estimate of drug-likeness (QED) is 0.257.